The van der Waals surface area contributed by atoms with Crippen molar-refractivity contribution in [2.45, 2.75) is 62.3 Å². The highest BCUT2D eigenvalue weighted by molar-refractivity contribution is 9.10. The fourth-order valence-electron chi connectivity index (χ4n) is 5.95. The summed E-state index contributed by atoms with van der Waals surface area (Å²) in [6.45, 7) is 1.61. The molecule has 1 N–H and O–H groups in total. The molecule has 5 rings (SSSR count). The third-order valence-electron chi connectivity index (χ3n) is 6.40. The Hall–Kier alpha value is -1.07. The summed E-state index contributed by atoms with van der Waals surface area (Å²) in [5.41, 5.74) is 0.645. The third-order valence-corrected chi connectivity index (χ3v) is 7.56. The van der Waals surface area contributed by atoms with Gasteiger partial charge in [-0.25, -0.2) is 0 Å². The normalized spacial score (nSPS) is 34.9. The Balaban J connectivity index is 1.34. The molecular weight excluding hydrogens is 430 g/mol. The van der Waals surface area contributed by atoms with Gasteiger partial charge in [-0.3, -0.25) is 9.59 Å². The molecule has 0 saturated heterocycles. The number of carbonyl (C=O) groups excluding carboxylic acids is 2. The number of hydrogen-bond acceptors (Lipinski definition) is 3. The molecule has 0 aliphatic heterocycles. The van der Waals surface area contributed by atoms with Gasteiger partial charge in [-0.2, -0.15) is 0 Å². The average molecular weight is 455 g/mol. The first-order valence-electron chi connectivity index (χ1n) is 9.69. The van der Waals surface area contributed by atoms with Crippen molar-refractivity contribution in [3.05, 3.63) is 29.3 Å². The number of esters is 1. The summed E-state index contributed by atoms with van der Waals surface area (Å²) in [5, 5.41) is 3.29. The SMILES string of the molecule is CC(OC(=O)CC12CC3CC(CC(Br)(C3)C1)C2)C(=O)Nc1cccc(Cl)c1. The fourth-order valence-corrected chi connectivity index (χ4v) is 7.65. The lowest BCUT2D eigenvalue weighted by Crippen LogP contribution is -2.53. The zero-order valence-corrected chi connectivity index (χ0v) is 17.8. The minimum Gasteiger partial charge on any atom is -0.453 e. The minimum atomic E-state index is -0.830. The number of rotatable bonds is 5. The zero-order valence-electron chi connectivity index (χ0n) is 15.5. The van der Waals surface area contributed by atoms with E-state index in [1.165, 1.54) is 19.3 Å². The number of hydrogen-bond donors (Lipinski definition) is 1. The molecule has 4 fully saturated rings. The van der Waals surface area contributed by atoms with Gasteiger partial charge in [-0.1, -0.05) is 33.6 Å². The predicted octanol–water partition coefficient (Wildman–Crippen LogP) is 5.33. The van der Waals surface area contributed by atoms with Crippen LogP contribution in [0.25, 0.3) is 0 Å². The van der Waals surface area contributed by atoms with Gasteiger partial charge in [0.2, 0.25) is 0 Å². The number of benzene rings is 1. The lowest BCUT2D eigenvalue weighted by Gasteiger charge is -2.60. The summed E-state index contributed by atoms with van der Waals surface area (Å²) in [4.78, 5) is 25.0. The first kappa shape index (κ1) is 19.3. The molecular formula is C21H25BrClNO3. The van der Waals surface area contributed by atoms with E-state index in [1.807, 2.05) is 0 Å². The van der Waals surface area contributed by atoms with Crippen LogP contribution in [-0.4, -0.2) is 22.3 Å². The van der Waals surface area contributed by atoms with Gasteiger partial charge < -0.3 is 10.1 Å². The van der Waals surface area contributed by atoms with Crippen molar-refractivity contribution >= 4 is 45.1 Å². The Bertz CT molecular complexity index is 754. The zero-order chi connectivity index (χ0) is 19.2. The van der Waals surface area contributed by atoms with Crippen molar-refractivity contribution in [2.75, 3.05) is 5.32 Å². The monoisotopic (exact) mass is 453 g/mol. The van der Waals surface area contributed by atoms with E-state index in [9.17, 15) is 9.59 Å². The molecule has 4 nitrogen and oxygen atoms in total. The van der Waals surface area contributed by atoms with Crippen LogP contribution in [0.5, 0.6) is 0 Å². The Kier molecular flexibility index (Phi) is 5.04. The van der Waals surface area contributed by atoms with Crippen LogP contribution >= 0.6 is 27.5 Å². The second-order valence-corrected chi connectivity index (χ2v) is 11.0. The van der Waals surface area contributed by atoms with Crippen LogP contribution in [0.2, 0.25) is 5.02 Å². The van der Waals surface area contributed by atoms with E-state index in [2.05, 4.69) is 21.2 Å². The number of amides is 1. The molecule has 4 saturated carbocycles. The van der Waals surface area contributed by atoms with Gasteiger partial charge in [0.05, 0.1) is 6.42 Å². The van der Waals surface area contributed by atoms with Gasteiger partial charge in [-0.05, 0) is 80.9 Å². The van der Waals surface area contributed by atoms with Crippen molar-refractivity contribution in [3.63, 3.8) is 0 Å². The van der Waals surface area contributed by atoms with Crippen LogP contribution < -0.4 is 5.32 Å². The Morgan fingerprint density at radius 1 is 1.30 bits per heavy atom. The molecule has 146 valence electrons. The third kappa shape index (κ3) is 4.19. The summed E-state index contributed by atoms with van der Waals surface area (Å²) < 4.78 is 5.70. The maximum Gasteiger partial charge on any atom is 0.307 e. The maximum absolute atomic E-state index is 12.6. The largest absolute Gasteiger partial charge is 0.453 e. The lowest BCUT2D eigenvalue weighted by atomic mass is 9.49. The summed E-state index contributed by atoms with van der Waals surface area (Å²) in [6.07, 6.45) is 6.65. The van der Waals surface area contributed by atoms with Gasteiger partial charge in [-0.15, -0.1) is 0 Å². The highest BCUT2D eigenvalue weighted by Gasteiger charge is 2.57. The molecule has 4 aliphatic carbocycles. The average Bonchev–Trinajstić information content (AvgIpc) is 2.51. The Morgan fingerprint density at radius 3 is 2.63 bits per heavy atom. The minimum absolute atomic E-state index is 0.0494. The summed E-state index contributed by atoms with van der Waals surface area (Å²) >= 11 is 9.91. The van der Waals surface area contributed by atoms with Crippen LogP contribution in [0.4, 0.5) is 5.69 Å². The van der Waals surface area contributed by atoms with Crippen molar-refractivity contribution in [1.82, 2.24) is 0 Å². The van der Waals surface area contributed by atoms with Crippen LogP contribution in [0.15, 0.2) is 24.3 Å². The quantitative estimate of drug-likeness (QED) is 0.483. The molecule has 6 heteroatoms. The number of alkyl halides is 1. The molecule has 4 bridgehead atoms. The van der Waals surface area contributed by atoms with Gasteiger partial charge in [0.1, 0.15) is 0 Å². The molecule has 1 amide bonds. The Morgan fingerprint density at radius 2 is 2.00 bits per heavy atom. The van der Waals surface area contributed by atoms with E-state index >= 15 is 0 Å². The van der Waals surface area contributed by atoms with Crippen molar-refractivity contribution in [2.24, 2.45) is 17.3 Å². The molecule has 4 aliphatic rings. The van der Waals surface area contributed by atoms with E-state index in [4.69, 9.17) is 16.3 Å². The van der Waals surface area contributed by atoms with Crippen LogP contribution in [0, 0.1) is 17.3 Å². The molecule has 0 spiro atoms. The Labute approximate surface area is 173 Å². The number of carbonyl (C=O) groups is 2. The van der Waals surface area contributed by atoms with Crippen molar-refractivity contribution in [1.29, 1.82) is 0 Å². The first-order valence-corrected chi connectivity index (χ1v) is 10.9. The van der Waals surface area contributed by atoms with Gasteiger partial charge in [0, 0.05) is 15.0 Å². The molecule has 27 heavy (non-hydrogen) atoms. The van der Waals surface area contributed by atoms with E-state index < -0.39 is 6.10 Å². The second kappa shape index (κ2) is 7.07. The van der Waals surface area contributed by atoms with Gasteiger partial charge in [0.25, 0.3) is 5.91 Å². The summed E-state index contributed by atoms with van der Waals surface area (Å²) in [7, 11) is 0. The standard InChI is InChI=1S/C21H25BrClNO3/c1-13(19(26)24-17-4-2-3-16(23)6-17)27-18(25)11-20-7-14-5-15(8-20)10-21(22,9-14)12-20/h2-4,6,13-15H,5,7-12H2,1H3,(H,24,26). The fraction of sp³-hybridized carbons (Fsp3) is 0.619. The summed E-state index contributed by atoms with van der Waals surface area (Å²) in [5.74, 6) is 0.846. The topological polar surface area (TPSA) is 55.4 Å². The van der Waals surface area contributed by atoms with Crippen LogP contribution in [0.3, 0.4) is 0 Å². The lowest BCUT2D eigenvalue weighted by molar-refractivity contribution is -0.159. The molecule has 1 aromatic rings. The van der Waals surface area contributed by atoms with E-state index in [1.54, 1.807) is 31.2 Å². The van der Waals surface area contributed by atoms with Gasteiger partial charge in [0.15, 0.2) is 6.10 Å². The maximum atomic E-state index is 12.6. The molecule has 0 aromatic heterocycles. The van der Waals surface area contributed by atoms with Crippen molar-refractivity contribution in [3.8, 4) is 0 Å². The molecule has 1 aromatic carbocycles. The number of halogens is 2. The van der Waals surface area contributed by atoms with Crippen LogP contribution in [-0.2, 0) is 14.3 Å². The first-order chi connectivity index (χ1) is 12.7. The number of anilines is 1. The van der Waals surface area contributed by atoms with Crippen molar-refractivity contribution < 1.29 is 14.3 Å². The second-order valence-electron chi connectivity index (χ2n) is 8.92. The van der Waals surface area contributed by atoms with Crippen LogP contribution in [0.1, 0.15) is 51.9 Å². The molecule has 3 atom stereocenters. The molecule has 3 unspecified atom stereocenters. The van der Waals surface area contributed by atoms with E-state index in [0.29, 0.717) is 17.1 Å². The number of ether oxygens (including phenoxy) is 1. The van der Waals surface area contributed by atoms with E-state index in [0.717, 1.165) is 31.1 Å². The van der Waals surface area contributed by atoms with Gasteiger partial charge >= 0.3 is 5.97 Å². The highest BCUT2D eigenvalue weighted by atomic mass is 79.9. The van der Waals surface area contributed by atoms with E-state index in [-0.39, 0.29) is 21.6 Å². The highest BCUT2D eigenvalue weighted by Crippen LogP contribution is 2.65. The number of nitrogens with one attached hydrogen (secondary N) is 1. The predicted molar refractivity (Wildman–Crippen MR) is 109 cm³/mol. The molecule has 0 heterocycles. The smallest absolute Gasteiger partial charge is 0.307 e. The molecule has 0 radical (unpaired) electrons. The summed E-state index contributed by atoms with van der Waals surface area (Å²) in [6, 6.07) is 6.92.